The molecule has 1 heterocycles. The van der Waals surface area contributed by atoms with Gasteiger partial charge in [-0.1, -0.05) is 6.92 Å². The number of carbonyl (C=O) groups excluding carboxylic acids is 1. The lowest BCUT2D eigenvalue weighted by Crippen LogP contribution is -2.35. The largest absolute Gasteiger partial charge is 0.477 e. The van der Waals surface area contributed by atoms with E-state index in [4.69, 9.17) is 5.11 Å². The maximum Gasteiger partial charge on any atom is 0.352 e. The SMILES string of the molecule is CCCn1cc(S(=O)(=O)NCC(=O)NC)cc1C(=O)O. The molecule has 112 valence electrons. The first-order valence-electron chi connectivity index (χ1n) is 5.95. The Hall–Kier alpha value is -1.87. The summed E-state index contributed by atoms with van der Waals surface area (Å²) in [5.74, 6) is -1.69. The van der Waals surface area contributed by atoms with Crippen molar-refractivity contribution in [2.75, 3.05) is 13.6 Å². The molecule has 20 heavy (non-hydrogen) atoms. The summed E-state index contributed by atoms with van der Waals surface area (Å²) in [6.07, 6.45) is 1.92. The molecule has 0 saturated carbocycles. The smallest absolute Gasteiger partial charge is 0.352 e. The molecule has 0 aliphatic heterocycles. The summed E-state index contributed by atoms with van der Waals surface area (Å²) < 4.78 is 27.4. The first-order valence-corrected chi connectivity index (χ1v) is 7.43. The summed E-state index contributed by atoms with van der Waals surface area (Å²) in [4.78, 5) is 21.9. The van der Waals surface area contributed by atoms with Crippen molar-refractivity contribution in [2.45, 2.75) is 24.8 Å². The van der Waals surface area contributed by atoms with Crippen LogP contribution in [0.1, 0.15) is 23.8 Å². The molecule has 0 radical (unpaired) electrons. The number of hydrogen-bond donors (Lipinski definition) is 3. The van der Waals surface area contributed by atoms with Crippen LogP contribution in [-0.2, 0) is 21.4 Å². The molecule has 0 aliphatic carbocycles. The zero-order valence-corrected chi connectivity index (χ0v) is 12.0. The number of aryl methyl sites for hydroxylation is 1. The van der Waals surface area contributed by atoms with Crippen LogP contribution < -0.4 is 10.0 Å². The number of nitrogens with zero attached hydrogens (tertiary/aromatic N) is 1. The van der Waals surface area contributed by atoms with Crippen molar-refractivity contribution in [3.63, 3.8) is 0 Å². The van der Waals surface area contributed by atoms with E-state index in [1.165, 1.54) is 17.8 Å². The second-order valence-electron chi connectivity index (χ2n) is 4.06. The lowest BCUT2D eigenvalue weighted by molar-refractivity contribution is -0.119. The molecule has 1 rings (SSSR count). The van der Waals surface area contributed by atoms with E-state index in [0.717, 1.165) is 6.07 Å². The zero-order valence-electron chi connectivity index (χ0n) is 11.2. The van der Waals surface area contributed by atoms with Crippen molar-refractivity contribution in [1.82, 2.24) is 14.6 Å². The first-order chi connectivity index (χ1) is 9.31. The highest BCUT2D eigenvalue weighted by atomic mass is 32.2. The van der Waals surface area contributed by atoms with Gasteiger partial charge in [0, 0.05) is 19.8 Å². The lowest BCUT2D eigenvalue weighted by Gasteiger charge is -2.04. The Labute approximate surface area is 116 Å². The number of hydrogen-bond acceptors (Lipinski definition) is 4. The van der Waals surface area contributed by atoms with Crippen LogP contribution in [0, 0.1) is 0 Å². The Morgan fingerprint density at radius 3 is 2.55 bits per heavy atom. The monoisotopic (exact) mass is 303 g/mol. The van der Waals surface area contributed by atoms with E-state index < -0.39 is 28.4 Å². The van der Waals surface area contributed by atoms with E-state index in [0.29, 0.717) is 13.0 Å². The Bertz CT molecular complexity index is 606. The summed E-state index contributed by atoms with van der Waals surface area (Å²) in [6, 6.07) is 1.07. The van der Waals surface area contributed by atoms with Crippen molar-refractivity contribution >= 4 is 21.9 Å². The van der Waals surface area contributed by atoms with Crippen molar-refractivity contribution in [3.8, 4) is 0 Å². The quantitative estimate of drug-likeness (QED) is 0.634. The number of aromatic nitrogens is 1. The number of aromatic carboxylic acids is 1. The lowest BCUT2D eigenvalue weighted by atomic mass is 10.4. The summed E-state index contributed by atoms with van der Waals surface area (Å²) in [7, 11) is -2.53. The number of carboxylic acid groups (broad SMARTS) is 1. The second kappa shape index (κ2) is 6.53. The van der Waals surface area contributed by atoms with E-state index >= 15 is 0 Å². The van der Waals surface area contributed by atoms with Gasteiger partial charge >= 0.3 is 5.97 Å². The van der Waals surface area contributed by atoms with Crippen molar-refractivity contribution in [3.05, 3.63) is 18.0 Å². The number of nitrogens with one attached hydrogen (secondary N) is 2. The Kier molecular flexibility index (Phi) is 5.28. The number of sulfonamides is 1. The Morgan fingerprint density at radius 1 is 1.40 bits per heavy atom. The molecular formula is C11H17N3O5S. The van der Waals surface area contributed by atoms with Crippen molar-refractivity contribution < 1.29 is 23.1 Å². The summed E-state index contributed by atoms with van der Waals surface area (Å²) in [5.41, 5.74) is -0.104. The Balaban J connectivity index is 3.03. The van der Waals surface area contributed by atoms with Crippen LogP contribution >= 0.6 is 0 Å². The molecule has 0 saturated heterocycles. The summed E-state index contributed by atoms with van der Waals surface area (Å²) in [6.45, 7) is 1.84. The van der Waals surface area contributed by atoms with Gasteiger partial charge in [-0.25, -0.2) is 17.9 Å². The number of likely N-dealkylation sites (N-methyl/N-ethyl adjacent to an activating group) is 1. The molecule has 1 aromatic rings. The second-order valence-corrected chi connectivity index (χ2v) is 5.82. The number of carboxylic acids is 1. The number of amides is 1. The van der Waals surface area contributed by atoms with E-state index in [1.807, 2.05) is 6.92 Å². The number of carbonyl (C=O) groups is 2. The van der Waals surface area contributed by atoms with Crippen LogP contribution in [-0.4, -0.2) is 43.6 Å². The summed E-state index contributed by atoms with van der Waals surface area (Å²) >= 11 is 0. The normalized spacial score (nSPS) is 11.3. The highest BCUT2D eigenvalue weighted by Crippen LogP contribution is 2.15. The molecular weight excluding hydrogens is 286 g/mol. The van der Waals surface area contributed by atoms with Crippen LogP contribution in [0.3, 0.4) is 0 Å². The van der Waals surface area contributed by atoms with Gasteiger partial charge in [-0.3, -0.25) is 4.79 Å². The molecule has 3 N–H and O–H groups in total. The highest BCUT2D eigenvalue weighted by molar-refractivity contribution is 7.89. The van der Waals surface area contributed by atoms with Crippen LogP contribution in [0.2, 0.25) is 0 Å². The molecule has 0 aromatic carbocycles. The minimum absolute atomic E-state index is 0.104. The van der Waals surface area contributed by atoms with Gasteiger partial charge in [0.05, 0.1) is 6.54 Å². The number of rotatable bonds is 7. The van der Waals surface area contributed by atoms with Gasteiger partial charge in [-0.15, -0.1) is 0 Å². The van der Waals surface area contributed by atoms with E-state index in [-0.39, 0.29) is 10.6 Å². The molecule has 1 amide bonds. The first kappa shape index (κ1) is 16.2. The molecule has 0 atom stereocenters. The molecule has 0 spiro atoms. The van der Waals surface area contributed by atoms with Gasteiger partial charge in [-0.2, -0.15) is 0 Å². The fourth-order valence-electron chi connectivity index (χ4n) is 1.57. The van der Waals surface area contributed by atoms with Gasteiger partial charge in [0.25, 0.3) is 0 Å². The van der Waals surface area contributed by atoms with Crippen LogP contribution in [0.5, 0.6) is 0 Å². The molecule has 0 bridgehead atoms. The van der Waals surface area contributed by atoms with Crippen molar-refractivity contribution in [1.29, 1.82) is 0 Å². The van der Waals surface area contributed by atoms with Crippen molar-refractivity contribution in [2.24, 2.45) is 0 Å². The van der Waals surface area contributed by atoms with E-state index in [2.05, 4.69) is 10.0 Å². The molecule has 0 unspecified atom stereocenters. The molecule has 8 nitrogen and oxygen atoms in total. The standard InChI is InChI=1S/C11H17N3O5S/c1-3-4-14-7-8(5-9(14)11(16)17)20(18,19)13-6-10(15)12-2/h5,7,13H,3-4,6H2,1-2H3,(H,12,15)(H,16,17). The molecule has 1 aromatic heterocycles. The molecule has 9 heteroatoms. The third-order valence-corrected chi connectivity index (χ3v) is 3.94. The maximum atomic E-state index is 11.9. The fraction of sp³-hybridized carbons (Fsp3) is 0.455. The zero-order chi connectivity index (χ0) is 15.3. The average molecular weight is 303 g/mol. The minimum atomic E-state index is -3.91. The predicted molar refractivity (Wildman–Crippen MR) is 70.9 cm³/mol. The third kappa shape index (κ3) is 3.81. The van der Waals surface area contributed by atoms with E-state index in [9.17, 15) is 18.0 Å². The minimum Gasteiger partial charge on any atom is -0.477 e. The summed E-state index contributed by atoms with van der Waals surface area (Å²) in [5, 5.41) is 11.3. The van der Waals surface area contributed by atoms with E-state index in [1.54, 1.807) is 0 Å². The van der Waals surface area contributed by atoms with Crippen LogP contribution in [0.4, 0.5) is 0 Å². The van der Waals surface area contributed by atoms with Gasteiger partial charge in [0.1, 0.15) is 10.6 Å². The molecule has 0 fully saturated rings. The van der Waals surface area contributed by atoms with Gasteiger partial charge in [0.2, 0.25) is 15.9 Å². The topological polar surface area (TPSA) is 118 Å². The molecule has 0 aliphatic rings. The highest BCUT2D eigenvalue weighted by Gasteiger charge is 2.21. The van der Waals surface area contributed by atoms with Gasteiger partial charge in [0.15, 0.2) is 0 Å². The maximum absolute atomic E-state index is 11.9. The fourth-order valence-corrected chi connectivity index (χ4v) is 2.59. The average Bonchev–Trinajstić information content (AvgIpc) is 2.81. The van der Waals surface area contributed by atoms with Crippen LogP contribution in [0.25, 0.3) is 0 Å². The third-order valence-electron chi connectivity index (χ3n) is 2.57. The Morgan fingerprint density at radius 2 is 2.05 bits per heavy atom. The van der Waals surface area contributed by atoms with Crippen LogP contribution in [0.15, 0.2) is 17.2 Å². The predicted octanol–water partition coefficient (Wildman–Crippen LogP) is -0.379. The van der Waals surface area contributed by atoms with Gasteiger partial charge in [-0.05, 0) is 12.5 Å². The van der Waals surface area contributed by atoms with Gasteiger partial charge < -0.3 is 15.0 Å².